The molecule has 120 valence electrons. The molecule has 5 heteroatoms. The molecule has 1 aromatic carbocycles. The van der Waals surface area contributed by atoms with E-state index in [-0.39, 0.29) is 24.8 Å². The van der Waals surface area contributed by atoms with Crippen LogP contribution in [0, 0.1) is 5.92 Å². The first-order chi connectivity index (χ1) is 9.33. The molecule has 0 aromatic heterocycles. The van der Waals surface area contributed by atoms with Crippen LogP contribution in [-0.2, 0) is 0 Å². The summed E-state index contributed by atoms with van der Waals surface area (Å²) in [6, 6.07) is 11.0. The molecule has 2 aliphatic heterocycles. The van der Waals surface area contributed by atoms with Crippen LogP contribution in [0.4, 0.5) is 0 Å². The quantitative estimate of drug-likeness (QED) is 0.892. The predicted octanol–water partition coefficient (Wildman–Crippen LogP) is 2.26. The predicted molar refractivity (Wildman–Crippen MR) is 93.7 cm³/mol. The first kappa shape index (κ1) is 18.7. The van der Waals surface area contributed by atoms with Crippen molar-refractivity contribution in [2.45, 2.75) is 24.8 Å². The standard InChI is InChI=1S/C16H25N3.2ClH/c17-16-12-19(10-13-5-4-8-18-9-13)11-15(16)14-6-2-1-3-7-14;;/h1-3,6-7,13,15-16,18H,4-5,8-12,17H2;2*1H/t13?,15-,16+;;/m0../s1. The fourth-order valence-electron chi connectivity index (χ4n) is 3.56. The Labute approximate surface area is 140 Å². The maximum atomic E-state index is 6.35. The van der Waals surface area contributed by atoms with Crippen LogP contribution >= 0.6 is 24.8 Å². The van der Waals surface area contributed by atoms with Gasteiger partial charge < -0.3 is 16.0 Å². The van der Waals surface area contributed by atoms with Crippen LogP contribution in [0.3, 0.4) is 0 Å². The van der Waals surface area contributed by atoms with Crippen LogP contribution in [0.2, 0.25) is 0 Å². The van der Waals surface area contributed by atoms with Gasteiger partial charge in [0, 0.05) is 31.6 Å². The van der Waals surface area contributed by atoms with Gasteiger partial charge >= 0.3 is 0 Å². The number of nitrogens with one attached hydrogen (secondary N) is 1. The van der Waals surface area contributed by atoms with Gasteiger partial charge in [-0.05, 0) is 37.4 Å². The highest BCUT2D eigenvalue weighted by Gasteiger charge is 2.32. The molecule has 0 amide bonds. The fraction of sp³-hybridized carbons (Fsp3) is 0.625. The van der Waals surface area contributed by atoms with Gasteiger partial charge in [-0.15, -0.1) is 24.8 Å². The summed E-state index contributed by atoms with van der Waals surface area (Å²) in [6.07, 6.45) is 2.70. The molecule has 2 fully saturated rings. The molecule has 1 unspecified atom stereocenters. The van der Waals surface area contributed by atoms with Gasteiger partial charge in [0.1, 0.15) is 0 Å². The SMILES string of the molecule is Cl.Cl.N[C@@H]1CN(CC2CCCNC2)C[C@H]1c1ccccc1. The number of nitrogens with two attached hydrogens (primary N) is 1. The summed E-state index contributed by atoms with van der Waals surface area (Å²) in [5.74, 6) is 1.33. The number of piperidine rings is 1. The third kappa shape index (κ3) is 4.83. The molecule has 3 atom stereocenters. The van der Waals surface area contributed by atoms with Crippen LogP contribution in [0.1, 0.15) is 24.3 Å². The zero-order valence-electron chi connectivity index (χ0n) is 12.4. The second-order valence-corrected chi connectivity index (χ2v) is 6.11. The molecule has 0 bridgehead atoms. The Kier molecular flexibility index (Phi) is 7.99. The van der Waals surface area contributed by atoms with E-state index in [0.29, 0.717) is 12.0 Å². The molecule has 0 aliphatic carbocycles. The van der Waals surface area contributed by atoms with Gasteiger partial charge in [0.15, 0.2) is 0 Å². The van der Waals surface area contributed by atoms with Crippen molar-refractivity contribution in [1.82, 2.24) is 10.2 Å². The average Bonchev–Trinajstić information content (AvgIpc) is 2.82. The molecule has 3 nitrogen and oxygen atoms in total. The van der Waals surface area contributed by atoms with Gasteiger partial charge in [-0.25, -0.2) is 0 Å². The molecule has 2 aliphatic rings. The van der Waals surface area contributed by atoms with E-state index in [4.69, 9.17) is 5.73 Å². The molecule has 3 rings (SSSR count). The molecule has 2 heterocycles. The van der Waals surface area contributed by atoms with Crippen molar-refractivity contribution in [2.24, 2.45) is 11.7 Å². The Bertz CT molecular complexity index is 396. The Hall–Kier alpha value is -0.320. The van der Waals surface area contributed by atoms with E-state index in [1.54, 1.807) is 0 Å². The molecule has 2 saturated heterocycles. The van der Waals surface area contributed by atoms with Gasteiger partial charge in [-0.1, -0.05) is 30.3 Å². The first-order valence-electron chi connectivity index (χ1n) is 7.56. The summed E-state index contributed by atoms with van der Waals surface area (Å²) in [7, 11) is 0. The second kappa shape index (κ2) is 8.96. The lowest BCUT2D eigenvalue weighted by molar-refractivity contribution is 0.240. The molecule has 21 heavy (non-hydrogen) atoms. The largest absolute Gasteiger partial charge is 0.326 e. The van der Waals surface area contributed by atoms with E-state index in [9.17, 15) is 0 Å². The van der Waals surface area contributed by atoms with Crippen molar-refractivity contribution >= 4 is 24.8 Å². The van der Waals surface area contributed by atoms with Crippen LogP contribution in [0.5, 0.6) is 0 Å². The van der Waals surface area contributed by atoms with Gasteiger partial charge in [0.25, 0.3) is 0 Å². The van der Waals surface area contributed by atoms with Gasteiger partial charge in [-0.3, -0.25) is 0 Å². The Morgan fingerprint density at radius 2 is 1.90 bits per heavy atom. The summed E-state index contributed by atoms with van der Waals surface area (Å²) in [4.78, 5) is 2.57. The van der Waals surface area contributed by atoms with E-state index in [2.05, 4.69) is 40.5 Å². The highest BCUT2D eigenvalue weighted by atomic mass is 35.5. The number of likely N-dealkylation sites (tertiary alicyclic amines) is 1. The molecule has 0 saturated carbocycles. The smallest absolute Gasteiger partial charge is 0.0249 e. The molecule has 0 radical (unpaired) electrons. The number of hydrogen-bond donors (Lipinski definition) is 2. The number of nitrogens with zero attached hydrogens (tertiary/aromatic N) is 1. The monoisotopic (exact) mass is 331 g/mol. The summed E-state index contributed by atoms with van der Waals surface area (Å²) in [5.41, 5.74) is 7.75. The highest BCUT2D eigenvalue weighted by Crippen LogP contribution is 2.27. The van der Waals surface area contributed by atoms with Crippen molar-refractivity contribution in [3.05, 3.63) is 35.9 Å². The maximum Gasteiger partial charge on any atom is 0.0249 e. The van der Waals surface area contributed by atoms with Crippen molar-refractivity contribution in [2.75, 3.05) is 32.7 Å². The fourth-order valence-corrected chi connectivity index (χ4v) is 3.56. The zero-order chi connectivity index (χ0) is 13.1. The molecule has 3 N–H and O–H groups in total. The Morgan fingerprint density at radius 1 is 1.14 bits per heavy atom. The number of benzene rings is 1. The second-order valence-electron chi connectivity index (χ2n) is 6.11. The van der Waals surface area contributed by atoms with Gasteiger partial charge in [0.05, 0.1) is 0 Å². The van der Waals surface area contributed by atoms with E-state index >= 15 is 0 Å². The molecular formula is C16H27Cl2N3. The van der Waals surface area contributed by atoms with Crippen molar-refractivity contribution in [3.63, 3.8) is 0 Å². The Balaban J connectivity index is 0.00000110. The van der Waals surface area contributed by atoms with E-state index in [0.717, 1.165) is 19.0 Å². The van der Waals surface area contributed by atoms with E-state index in [1.807, 2.05) is 0 Å². The number of hydrogen-bond acceptors (Lipinski definition) is 3. The van der Waals surface area contributed by atoms with Gasteiger partial charge in [-0.2, -0.15) is 0 Å². The minimum absolute atomic E-state index is 0. The van der Waals surface area contributed by atoms with Crippen molar-refractivity contribution in [3.8, 4) is 0 Å². The zero-order valence-corrected chi connectivity index (χ0v) is 14.0. The summed E-state index contributed by atoms with van der Waals surface area (Å²) in [6.45, 7) is 5.77. The van der Waals surface area contributed by atoms with Crippen molar-refractivity contribution < 1.29 is 0 Å². The minimum atomic E-state index is 0. The Morgan fingerprint density at radius 3 is 2.57 bits per heavy atom. The lowest BCUT2D eigenvalue weighted by Crippen LogP contribution is -2.38. The van der Waals surface area contributed by atoms with E-state index in [1.165, 1.54) is 38.0 Å². The van der Waals surface area contributed by atoms with Crippen LogP contribution < -0.4 is 11.1 Å². The topological polar surface area (TPSA) is 41.3 Å². The van der Waals surface area contributed by atoms with Gasteiger partial charge in [0.2, 0.25) is 0 Å². The maximum absolute atomic E-state index is 6.35. The average molecular weight is 332 g/mol. The van der Waals surface area contributed by atoms with Crippen molar-refractivity contribution in [1.29, 1.82) is 0 Å². The third-order valence-electron chi connectivity index (χ3n) is 4.58. The third-order valence-corrected chi connectivity index (χ3v) is 4.58. The normalized spacial score (nSPS) is 29.5. The van der Waals surface area contributed by atoms with Crippen LogP contribution in [0.25, 0.3) is 0 Å². The van der Waals surface area contributed by atoms with Crippen LogP contribution in [-0.4, -0.2) is 43.7 Å². The summed E-state index contributed by atoms with van der Waals surface area (Å²) < 4.78 is 0. The molecule has 1 aromatic rings. The molecule has 0 spiro atoms. The van der Waals surface area contributed by atoms with Crippen LogP contribution in [0.15, 0.2) is 30.3 Å². The highest BCUT2D eigenvalue weighted by molar-refractivity contribution is 5.85. The number of halogens is 2. The molecular weight excluding hydrogens is 305 g/mol. The number of rotatable bonds is 3. The van der Waals surface area contributed by atoms with E-state index < -0.39 is 0 Å². The first-order valence-corrected chi connectivity index (χ1v) is 7.56. The lowest BCUT2D eigenvalue weighted by Gasteiger charge is -2.27. The lowest BCUT2D eigenvalue weighted by atomic mass is 9.95. The summed E-state index contributed by atoms with van der Waals surface area (Å²) >= 11 is 0. The minimum Gasteiger partial charge on any atom is -0.326 e. The summed E-state index contributed by atoms with van der Waals surface area (Å²) in [5, 5.41) is 3.50.